The summed E-state index contributed by atoms with van der Waals surface area (Å²) in [4.78, 5) is 15.8. The number of piperidine rings is 1. The van der Waals surface area contributed by atoms with Gasteiger partial charge in [0.15, 0.2) is 0 Å². The molecule has 4 heteroatoms. The Morgan fingerprint density at radius 3 is 2.35 bits per heavy atom. The van der Waals surface area contributed by atoms with Crippen LogP contribution in [-0.4, -0.2) is 41.5 Å². The number of anilines is 1. The number of aliphatic hydroxyl groups is 1. The molecule has 1 fully saturated rings. The first kappa shape index (κ1) is 13.1. The number of nitrogens with zero attached hydrogens (tertiary/aromatic N) is 2. The highest BCUT2D eigenvalue weighted by Gasteiger charge is 2.29. The maximum Gasteiger partial charge on any atom is 0.226 e. The Balaban J connectivity index is 1.80. The van der Waals surface area contributed by atoms with Gasteiger partial charge in [-0.25, -0.2) is 0 Å². The van der Waals surface area contributed by atoms with Crippen molar-refractivity contribution in [2.45, 2.75) is 38.3 Å². The largest absolute Gasteiger partial charge is 0.387 e. The van der Waals surface area contributed by atoms with Crippen molar-refractivity contribution in [3.63, 3.8) is 0 Å². The van der Waals surface area contributed by atoms with E-state index in [0.29, 0.717) is 18.5 Å². The maximum atomic E-state index is 12.9. The van der Waals surface area contributed by atoms with Crippen LogP contribution >= 0.6 is 0 Å². The minimum absolute atomic E-state index is 0.169. The molecule has 1 aliphatic heterocycles. The fourth-order valence-electron chi connectivity index (χ4n) is 3.25. The Bertz CT molecular complexity index is 880. The first-order valence-corrected chi connectivity index (χ1v) is 8.88. The van der Waals surface area contributed by atoms with Crippen LogP contribution in [-0.2, 0) is 4.79 Å². The third kappa shape index (κ3) is 4.51. The zero-order valence-corrected chi connectivity index (χ0v) is 14.9. The van der Waals surface area contributed by atoms with Gasteiger partial charge in [0, 0.05) is 43.2 Å². The lowest BCUT2D eigenvalue weighted by Crippen LogP contribution is -2.48. The zero-order valence-electron chi connectivity index (χ0n) is 19.9. The van der Waals surface area contributed by atoms with Crippen LogP contribution in [0.5, 0.6) is 0 Å². The first-order valence-electron chi connectivity index (χ1n) is 11.4. The number of hydrogen-bond acceptors (Lipinski definition) is 3. The van der Waals surface area contributed by atoms with Crippen molar-refractivity contribution >= 4 is 11.6 Å². The Morgan fingerprint density at radius 2 is 1.77 bits per heavy atom. The van der Waals surface area contributed by atoms with Crippen LogP contribution in [0.2, 0.25) is 0 Å². The second-order valence-corrected chi connectivity index (χ2v) is 6.31. The van der Waals surface area contributed by atoms with Crippen molar-refractivity contribution in [2.75, 3.05) is 24.5 Å². The van der Waals surface area contributed by atoms with Gasteiger partial charge < -0.3 is 14.9 Å². The molecule has 0 aromatic heterocycles. The molecule has 0 aliphatic carbocycles. The standard InChI is InChI=1S/C22H28N2O2/c1-2-22(26)24(19-11-7-4-8-12-19)20-13-15-23(16-14-20)17-21(25)18-9-5-3-6-10-18/h3-12,20-21,25H,2,13-17H2,1H3/i2D2,17D2,21D. The molecule has 26 heavy (non-hydrogen) atoms. The number of amides is 1. The Morgan fingerprint density at radius 1 is 1.19 bits per heavy atom. The van der Waals surface area contributed by atoms with E-state index in [-0.39, 0.29) is 24.7 Å². The molecule has 1 atom stereocenters. The maximum absolute atomic E-state index is 12.9. The lowest BCUT2D eigenvalue weighted by Gasteiger charge is -2.39. The zero-order chi connectivity index (χ0) is 22.9. The SMILES string of the molecule is [2H]C([2H])(C)C(=O)N(c1ccccc1)C1CCN(C([2H])([2H])C([2H])(O)c2ccccc2)CC1. The van der Waals surface area contributed by atoms with E-state index in [1.54, 1.807) is 42.5 Å². The van der Waals surface area contributed by atoms with Crippen molar-refractivity contribution in [1.29, 1.82) is 0 Å². The number of benzene rings is 2. The van der Waals surface area contributed by atoms with Crippen molar-refractivity contribution in [3.05, 3.63) is 66.2 Å². The molecule has 1 saturated heterocycles. The van der Waals surface area contributed by atoms with Crippen molar-refractivity contribution in [2.24, 2.45) is 0 Å². The van der Waals surface area contributed by atoms with E-state index in [9.17, 15) is 9.90 Å². The summed E-state index contributed by atoms with van der Waals surface area (Å²) in [6.07, 6.45) is -3.73. The predicted molar refractivity (Wildman–Crippen MR) is 105 cm³/mol. The first-order chi connectivity index (χ1) is 14.5. The Hall–Kier alpha value is -2.17. The van der Waals surface area contributed by atoms with E-state index in [1.165, 1.54) is 28.9 Å². The van der Waals surface area contributed by atoms with Crippen LogP contribution in [0.25, 0.3) is 0 Å². The normalized spacial score (nSPS) is 22.2. The molecule has 0 radical (unpaired) electrons. The lowest BCUT2D eigenvalue weighted by molar-refractivity contribution is -0.119. The van der Waals surface area contributed by atoms with Gasteiger partial charge in [-0.2, -0.15) is 0 Å². The molecule has 1 unspecified atom stereocenters. The number of β-amino-alcohol motifs (C(OH)–C–C–N with tert-alkyl or cyclic N) is 1. The van der Waals surface area contributed by atoms with E-state index in [4.69, 9.17) is 6.85 Å². The van der Waals surface area contributed by atoms with Gasteiger partial charge >= 0.3 is 0 Å². The number of hydrogen-bond donors (Lipinski definition) is 1. The van der Waals surface area contributed by atoms with E-state index >= 15 is 0 Å². The van der Waals surface area contributed by atoms with Crippen molar-refractivity contribution < 1.29 is 16.8 Å². The number of rotatable bonds is 6. The van der Waals surface area contributed by atoms with Crippen LogP contribution in [0.3, 0.4) is 0 Å². The minimum atomic E-state index is -2.46. The second-order valence-electron chi connectivity index (χ2n) is 6.31. The minimum Gasteiger partial charge on any atom is -0.387 e. The molecule has 1 aliphatic rings. The van der Waals surface area contributed by atoms with Gasteiger partial charge in [-0.05, 0) is 30.5 Å². The summed E-state index contributed by atoms with van der Waals surface area (Å²) < 4.78 is 41.1. The van der Waals surface area contributed by atoms with Gasteiger partial charge in [-0.3, -0.25) is 4.79 Å². The fraction of sp³-hybridized carbons (Fsp3) is 0.409. The number of carbonyl (C=O) groups excluding carboxylic acids is 1. The highest BCUT2D eigenvalue weighted by molar-refractivity contribution is 5.93. The van der Waals surface area contributed by atoms with Crippen LogP contribution in [0.15, 0.2) is 60.7 Å². The Labute approximate surface area is 163 Å². The van der Waals surface area contributed by atoms with Gasteiger partial charge in [0.05, 0.1) is 7.45 Å². The van der Waals surface area contributed by atoms with E-state index in [0.717, 1.165) is 0 Å². The summed E-state index contributed by atoms with van der Waals surface area (Å²) in [7, 11) is 0. The average Bonchev–Trinajstić information content (AvgIpc) is 2.75. The van der Waals surface area contributed by atoms with E-state index in [1.807, 2.05) is 6.07 Å². The van der Waals surface area contributed by atoms with E-state index in [2.05, 4.69) is 0 Å². The molecule has 1 heterocycles. The fourth-order valence-corrected chi connectivity index (χ4v) is 3.25. The Kier molecular flexibility index (Phi) is 4.51. The smallest absolute Gasteiger partial charge is 0.226 e. The van der Waals surface area contributed by atoms with Crippen LogP contribution in [0, 0.1) is 0 Å². The van der Waals surface area contributed by atoms with Gasteiger partial charge in [0.1, 0.15) is 0 Å². The molecule has 0 bridgehead atoms. The third-order valence-corrected chi connectivity index (χ3v) is 4.61. The summed E-state index contributed by atoms with van der Waals surface area (Å²) in [5.74, 6) is -0.638. The van der Waals surface area contributed by atoms with Crippen LogP contribution in [0.4, 0.5) is 5.69 Å². The average molecular weight is 358 g/mol. The summed E-state index contributed by atoms with van der Waals surface area (Å²) >= 11 is 0. The predicted octanol–water partition coefficient (Wildman–Crippen LogP) is 3.63. The molecular formula is C22H28N2O2. The van der Waals surface area contributed by atoms with Gasteiger partial charge in [0.2, 0.25) is 5.91 Å². The quantitative estimate of drug-likeness (QED) is 0.859. The summed E-state index contributed by atoms with van der Waals surface area (Å²) in [6, 6.07) is 16.7. The number of para-hydroxylation sites is 1. The molecule has 2 aromatic carbocycles. The topological polar surface area (TPSA) is 43.8 Å². The number of carbonyl (C=O) groups is 1. The second kappa shape index (κ2) is 8.97. The van der Waals surface area contributed by atoms with Crippen molar-refractivity contribution in [3.8, 4) is 0 Å². The molecular weight excluding hydrogens is 324 g/mol. The molecule has 1 amide bonds. The van der Waals surface area contributed by atoms with E-state index < -0.39 is 24.9 Å². The van der Waals surface area contributed by atoms with Gasteiger partial charge in [-0.15, -0.1) is 0 Å². The van der Waals surface area contributed by atoms with Crippen molar-refractivity contribution in [1.82, 2.24) is 4.90 Å². The third-order valence-electron chi connectivity index (χ3n) is 4.61. The summed E-state index contributed by atoms with van der Waals surface area (Å²) in [5, 5.41) is 10.7. The van der Waals surface area contributed by atoms with Crippen LogP contribution in [0.1, 0.15) is 44.6 Å². The highest BCUT2D eigenvalue weighted by Crippen LogP contribution is 2.25. The van der Waals surface area contributed by atoms with Crippen LogP contribution < -0.4 is 4.90 Å². The molecule has 138 valence electrons. The number of likely N-dealkylation sites (tertiary alicyclic amines) is 1. The molecule has 0 saturated carbocycles. The molecule has 3 rings (SSSR count). The molecule has 4 nitrogen and oxygen atoms in total. The highest BCUT2D eigenvalue weighted by atomic mass is 16.3. The lowest BCUT2D eigenvalue weighted by atomic mass is 10.0. The molecule has 1 N–H and O–H groups in total. The molecule has 2 aromatic rings. The summed E-state index contributed by atoms with van der Waals surface area (Å²) in [5.41, 5.74) is 0.767. The monoisotopic (exact) mass is 357 g/mol. The molecule has 0 spiro atoms. The summed E-state index contributed by atoms with van der Waals surface area (Å²) in [6.45, 7) is -0.677. The van der Waals surface area contributed by atoms with Gasteiger partial charge in [-0.1, -0.05) is 55.5 Å². The van der Waals surface area contributed by atoms with Gasteiger partial charge in [0.25, 0.3) is 0 Å².